The summed E-state index contributed by atoms with van der Waals surface area (Å²) in [4.78, 5) is 110. The van der Waals surface area contributed by atoms with Gasteiger partial charge in [-0.15, -0.1) is 0 Å². The average Bonchev–Trinajstić information content (AvgIpc) is 0.761. The zero-order valence-corrected chi connectivity index (χ0v) is 68.9. The predicted octanol–water partition coefficient (Wildman–Crippen LogP) is 0.953. The summed E-state index contributed by atoms with van der Waals surface area (Å²) in [5.74, 6) is -15.1. The van der Waals surface area contributed by atoms with E-state index in [0.717, 1.165) is 60.7 Å². The fraction of sp³-hybridized carbons (Fsp3) is 0.417. The Morgan fingerprint density at radius 2 is 1.11 bits per heavy atom. The van der Waals surface area contributed by atoms with Crippen LogP contribution in [0.4, 0.5) is 0 Å². The number of halogens is 2. The van der Waals surface area contributed by atoms with Crippen molar-refractivity contribution < 1.29 is 152 Å². The summed E-state index contributed by atoms with van der Waals surface area (Å²) >= 11 is 14.0. The molecule has 4 saturated heterocycles. The lowest BCUT2D eigenvalue weighted by Gasteiger charge is -2.44. The van der Waals surface area contributed by atoms with Crippen LogP contribution < -0.4 is 67.6 Å². The lowest BCUT2D eigenvalue weighted by molar-refractivity contribution is -0.330. The molecule has 9 aliphatic heterocycles. The monoisotopic (exact) mass is 1790 g/mol. The molecule has 16 rings (SSSR count). The highest BCUT2D eigenvalue weighted by atomic mass is 35.5. The Morgan fingerprint density at radius 3 is 1.71 bits per heavy atom. The van der Waals surface area contributed by atoms with Crippen molar-refractivity contribution in [2.75, 3.05) is 20.8 Å². The first kappa shape index (κ1) is 91.3. The number of fused-ring (bicyclic) bond motifs is 15. The number of aromatic hydroxyl groups is 4. The van der Waals surface area contributed by atoms with Gasteiger partial charge < -0.3 is 167 Å². The second-order valence-electron chi connectivity index (χ2n) is 31.4. The summed E-state index contributed by atoms with van der Waals surface area (Å²) in [6.45, 7) is 3.50. The highest BCUT2D eigenvalue weighted by Gasteiger charge is 2.52. The van der Waals surface area contributed by atoms with Crippen molar-refractivity contribution in [2.45, 2.75) is 199 Å². The molecule has 24 N–H and O–H groups in total. The number of phenolic OH excluding ortho intramolecular Hbond substituents is 4. The summed E-state index contributed by atoms with van der Waals surface area (Å²) in [7, 11) is 2.69. The molecule has 42 heteroatoms. The number of aliphatic hydroxyl groups excluding tert-OH is 8. The summed E-state index contributed by atoms with van der Waals surface area (Å²) in [6.07, 6.45) is -27.7. The number of carboxylic acid groups (broad SMARTS) is 1. The van der Waals surface area contributed by atoms with Gasteiger partial charge in [0.1, 0.15) is 125 Å². The van der Waals surface area contributed by atoms with Crippen LogP contribution in [-0.4, -0.2) is 251 Å². The number of carbonyl (C=O) groups excluding carboxylic acids is 6. The molecule has 0 spiro atoms. The number of amides is 6. The van der Waals surface area contributed by atoms with E-state index in [1.165, 1.54) is 94.7 Å². The van der Waals surface area contributed by atoms with Crippen molar-refractivity contribution in [1.82, 2.24) is 37.2 Å². The maximum atomic E-state index is 16.7. The van der Waals surface area contributed by atoms with Crippen molar-refractivity contribution in [3.8, 4) is 68.6 Å². The Labute approximate surface area is 726 Å². The normalized spacial score (nSPS) is 32.1. The number of aliphatic carboxylic acids is 1. The topological polar surface area (TPSA) is 620 Å². The van der Waals surface area contributed by atoms with Gasteiger partial charge in [-0.2, -0.15) is 0 Å². The molecule has 9 heterocycles. The Morgan fingerprint density at radius 1 is 0.540 bits per heavy atom. The van der Waals surface area contributed by atoms with Crippen molar-refractivity contribution in [3.63, 3.8) is 0 Å². The molecule has 7 aromatic carbocycles. The van der Waals surface area contributed by atoms with Gasteiger partial charge >= 0.3 is 5.97 Å². The highest BCUT2D eigenvalue weighted by Crippen LogP contribution is 2.50. The molecule has 11 bridgehead atoms. The third-order valence-electron chi connectivity index (χ3n) is 22.9. The number of phenols is 4. The molecule has 0 saturated carbocycles. The Balaban J connectivity index is 0.964. The zero-order chi connectivity index (χ0) is 90.5. The molecule has 0 aliphatic carbocycles. The number of nitrogens with one attached hydrogen (secondary N) is 7. The number of carboxylic acids is 1. The van der Waals surface area contributed by atoms with E-state index in [1.54, 1.807) is 6.92 Å². The molecule has 0 aromatic heterocycles. The van der Waals surface area contributed by atoms with Gasteiger partial charge in [-0.25, -0.2) is 4.79 Å². The largest absolute Gasteiger partial charge is 0.508 e. The summed E-state index contributed by atoms with van der Waals surface area (Å²) in [5.41, 5.74) is 10.0. The number of hydrogen-bond acceptors (Lipinski definition) is 33. The third kappa shape index (κ3) is 18.9. The van der Waals surface area contributed by atoms with Gasteiger partial charge in [0.2, 0.25) is 53.8 Å². The van der Waals surface area contributed by atoms with Gasteiger partial charge in [-0.1, -0.05) is 65.7 Å². The molecule has 4 fully saturated rings. The predicted molar refractivity (Wildman–Crippen MR) is 433 cm³/mol. The minimum absolute atomic E-state index is 0.119. The molecular weight excluding hydrogens is 1700 g/mol. The minimum atomic E-state index is -2.39. The number of methoxy groups -OCH3 is 1. The van der Waals surface area contributed by atoms with Gasteiger partial charge in [0.15, 0.2) is 36.2 Å². The molecule has 7 aromatic rings. The number of carbonyl (C=O) groups is 7. The average molecular weight is 1800 g/mol. The fourth-order valence-corrected chi connectivity index (χ4v) is 16.5. The second-order valence-corrected chi connectivity index (χ2v) is 32.2. The smallest absolute Gasteiger partial charge is 0.330 e. The first-order chi connectivity index (χ1) is 60.0. The molecule has 0 radical (unpaired) electrons. The van der Waals surface area contributed by atoms with Crippen LogP contribution in [0, 0.1) is 0 Å². The SMILES string of the molecule is CN[C@@H](C(=O)N[C@H]1C(=O)N[C@@H](c2ccc(O)c(Cl)c2)C(=O)N[C@H]2C(=O)N[C@H]3C(=O)N[C@H](C(=O)N[C@H](C(=O)O)c4cc(O)cc(O)c4-c4cc3ccc4O)[C@H](O[C@H]3C[C@@H](N)[C@@H](O)[C@H](C)O3)c3ccc(c(Cl)c3)Oc3cc2cc(c3O[C@@H]2O[C@H](CO)C(O)[C@H](O)[C@H]2O[C@H]2C[C@@H](N)[C@@H](O)[C@H](C)O2)Oc2ccc(cc2)[C@H]1O)c1ccc(O[C@@H]2O[C@@H](C)[C@H](O)[C@@H](OC)[C@H]2O)cc1. The molecule has 6 amide bonds. The Bertz CT molecular complexity index is 5220. The molecular formula is C84H93Cl2N9O31. The number of aliphatic hydroxyl groups is 8. The Kier molecular flexibility index (Phi) is 27.5. The van der Waals surface area contributed by atoms with Crippen LogP contribution in [0.15, 0.2) is 127 Å². The molecule has 1 unspecified atom stereocenters. The van der Waals surface area contributed by atoms with Crippen molar-refractivity contribution in [3.05, 3.63) is 176 Å². The van der Waals surface area contributed by atoms with Crippen molar-refractivity contribution in [1.29, 1.82) is 0 Å². The number of benzene rings is 7. The lowest BCUT2D eigenvalue weighted by Crippen LogP contribution is -2.62. The van der Waals surface area contributed by atoms with Crippen LogP contribution in [0.2, 0.25) is 10.0 Å². The summed E-state index contributed by atoms with van der Waals surface area (Å²) in [6, 6.07) is 7.49. The van der Waals surface area contributed by atoms with Gasteiger partial charge in [-0.3, -0.25) is 28.8 Å². The third-order valence-corrected chi connectivity index (χ3v) is 23.5. The van der Waals surface area contributed by atoms with E-state index in [2.05, 4.69) is 37.2 Å². The standard InChI is InChI=1S/C84H93Cl2N9O31/c1-30-65(101)46(87)27-55(117-30)124-72-37-12-19-51(45(86)22-37)122-53-24-38-23-52(73(53)126-84-75(70(106)69(105)54(29-96)123-84)125-56-28-47(88)66(102)31(2)118-56)120-40-15-8-34(9-16-40)68(104)63(94-76(108)58(89-4)33-6-13-41(14-7-33)121-83-71(107)74(116-5)67(103)32(3)119-83)80(112)91-60(36-11-18-49(99)44(85)21-36)77(109)92-61(38)79(111)90-59-35-10-17-48(98)42(20-35)57-43(25-39(97)26-50(57)100)62(82(114)115)93-81(113)64(72)95-78(59)110/h6-26,30-32,46-47,54-56,58-72,74-75,83-84,89,96-107H,27-29,87-88H2,1-5H3,(H,90,111)(H,91,112)(H,92,109)(H,93,113)(H,94,108)(H,95,110)(H,114,115)/t30-,31-,32-,46+,47+,54+,55-,56-,58+,59+,60-,61+,62-,63+,64-,65-,66-,67-,68+,69?,70-,71+,72+,74+,75+,83-,84-/m0/s1. The zero-order valence-electron chi connectivity index (χ0n) is 67.4. The van der Waals surface area contributed by atoms with Gasteiger partial charge in [-0.05, 0) is 140 Å². The number of nitrogens with two attached hydrogens (primary N) is 2. The molecule has 40 nitrogen and oxygen atoms in total. The second kappa shape index (κ2) is 37.9. The minimum Gasteiger partial charge on any atom is -0.508 e. The lowest BCUT2D eigenvalue weighted by atomic mass is 9.89. The summed E-state index contributed by atoms with van der Waals surface area (Å²) < 4.78 is 68.8. The number of likely N-dealkylation sites (N-methyl/N-ethyl adjacent to an activating group) is 1. The van der Waals surface area contributed by atoms with Crippen LogP contribution in [0.5, 0.6) is 57.5 Å². The van der Waals surface area contributed by atoms with E-state index in [0.29, 0.717) is 0 Å². The van der Waals surface area contributed by atoms with E-state index < -0.39 is 291 Å². The number of ether oxygens (including phenoxy) is 11. The summed E-state index contributed by atoms with van der Waals surface area (Å²) in [5, 5.41) is 165. The van der Waals surface area contributed by atoms with Crippen molar-refractivity contribution in [2.24, 2.45) is 11.5 Å². The van der Waals surface area contributed by atoms with Crippen LogP contribution in [0.1, 0.15) is 115 Å². The van der Waals surface area contributed by atoms with Crippen molar-refractivity contribution >= 4 is 64.6 Å². The highest BCUT2D eigenvalue weighted by molar-refractivity contribution is 6.32. The molecule has 126 heavy (non-hydrogen) atoms. The fourth-order valence-electron chi connectivity index (χ4n) is 16.0. The van der Waals surface area contributed by atoms with E-state index >= 15 is 28.8 Å². The molecule has 674 valence electrons. The van der Waals surface area contributed by atoms with E-state index in [-0.39, 0.29) is 52.2 Å². The first-order valence-electron chi connectivity index (χ1n) is 39.8. The maximum Gasteiger partial charge on any atom is 0.330 e. The van der Waals surface area contributed by atoms with E-state index in [9.17, 15) is 71.2 Å². The quantitative estimate of drug-likeness (QED) is 0.0640. The molecule has 9 aliphatic rings. The maximum absolute atomic E-state index is 16.7. The van der Waals surface area contributed by atoms with Gasteiger partial charge in [0, 0.05) is 54.8 Å². The van der Waals surface area contributed by atoms with Gasteiger partial charge in [0.05, 0.1) is 47.2 Å². The van der Waals surface area contributed by atoms with E-state index in [1.807, 2.05) is 0 Å². The van der Waals surface area contributed by atoms with E-state index in [4.69, 9.17) is 86.8 Å². The van der Waals surface area contributed by atoms with Crippen LogP contribution in [0.25, 0.3) is 11.1 Å². The number of rotatable bonds is 16. The van der Waals surface area contributed by atoms with Crippen LogP contribution in [0.3, 0.4) is 0 Å². The van der Waals surface area contributed by atoms with Crippen LogP contribution in [-0.2, 0) is 66.7 Å². The van der Waals surface area contributed by atoms with Crippen LogP contribution >= 0.6 is 23.2 Å². The first-order valence-corrected chi connectivity index (χ1v) is 40.6. The Hall–Kier alpha value is -10.9. The number of hydrogen-bond donors (Lipinski definition) is 22. The van der Waals surface area contributed by atoms with Gasteiger partial charge in [0.25, 0.3) is 0 Å². The molecule has 27 atom stereocenters.